The standard InChI is InChI=1S/C12H16BrN3O/c1-8-6-10(7-15-11(8)13)16-12(17)9-2-4-14-5-3-9/h6-7,9,14H,2-5H2,1H3,(H,16,17). The molecule has 0 saturated carbocycles. The van der Waals surface area contributed by atoms with Crippen LogP contribution in [0.4, 0.5) is 5.69 Å². The highest BCUT2D eigenvalue weighted by Gasteiger charge is 2.20. The van der Waals surface area contributed by atoms with E-state index in [1.54, 1.807) is 6.20 Å². The van der Waals surface area contributed by atoms with Crippen LogP contribution in [0, 0.1) is 12.8 Å². The van der Waals surface area contributed by atoms with Gasteiger partial charge in [-0.2, -0.15) is 0 Å². The maximum Gasteiger partial charge on any atom is 0.227 e. The van der Waals surface area contributed by atoms with Crippen molar-refractivity contribution in [1.29, 1.82) is 0 Å². The van der Waals surface area contributed by atoms with Crippen LogP contribution in [0.1, 0.15) is 18.4 Å². The van der Waals surface area contributed by atoms with Gasteiger partial charge in [-0.05, 0) is 60.4 Å². The Hall–Kier alpha value is -0.940. The number of piperidine rings is 1. The van der Waals surface area contributed by atoms with E-state index in [1.165, 1.54) is 0 Å². The van der Waals surface area contributed by atoms with Gasteiger partial charge in [0.1, 0.15) is 4.60 Å². The van der Waals surface area contributed by atoms with Crippen LogP contribution < -0.4 is 10.6 Å². The molecule has 0 spiro atoms. The zero-order chi connectivity index (χ0) is 12.3. The number of hydrogen-bond acceptors (Lipinski definition) is 3. The summed E-state index contributed by atoms with van der Waals surface area (Å²) in [5.41, 5.74) is 1.79. The van der Waals surface area contributed by atoms with Gasteiger partial charge in [0, 0.05) is 5.92 Å². The second-order valence-corrected chi connectivity index (χ2v) is 5.10. The van der Waals surface area contributed by atoms with Crippen LogP contribution >= 0.6 is 15.9 Å². The lowest BCUT2D eigenvalue weighted by atomic mass is 9.97. The molecule has 4 nitrogen and oxygen atoms in total. The van der Waals surface area contributed by atoms with Crippen molar-refractivity contribution in [2.75, 3.05) is 18.4 Å². The normalized spacial score (nSPS) is 16.8. The quantitative estimate of drug-likeness (QED) is 0.822. The second kappa shape index (κ2) is 5.60. The molecule has 0 aromatic carbocycles. The first-order chi connectivity index (χ1) is 8.16. The molecule has 1 aliphatic rings. The molecular weight excluding hydrogens is 282 g/mol. The molecule has 2 rings (SSSR count). The number of pyridine rings is 1. The molecule has 0 unspecified atom stereocenters. The van der Waals surface area contributed by atoms with E-state index in [9.17, 15) is 4.79 Å². The molecule has 0 aliphatic carbocycles. The van der Waals surface area contributed by atoms with Gasteiger partial charge in [0.15, 0.2) is 0 Å². The van der Waals surface area contributed by atoms with Crippen LogP contribution in [0.25, 0.3) is 0 Å². The summed E-state index contributed by atoms with van der Waals surface area (Å²) in [6.45, 7) is 3.81. The third-order valence-electron chi connectivity index (χ3n) is 2.99. The Labute approximate surface area is 109 Å². The lowest BCUT2D eigenvalue weighted by molar-refractivity contribution is -0.120. The van der Waals surface area contributed by atoms with Crippen LogP contribution in [0.3, 0.4) is 0 Å². The van der Waals surface area contributed by atoms with Crippen molar-refractivity contribution < 1.29 is 4.79 Å². The number of carbonyl (C=O) groups is 1. The maximum atomic E-state index is 12.0. The number of rotatable bonds is 2. The topological polar surface area (TPSA) is 54.0 Å². The fourth-order valence-electron chi connectivity index (χ4n) is 1.95. The fraction of sp³-hybridized carbons (Fsp3) is 0.500. The molecule has 0 radical (unpaired) electrons. The summed E-state index contributed by atoms with van der Waals surface area (Å²) in [6.07, 6.45) is 3.50. The molecule has 2 heterocycles. The van der Waals surface area contributed by atoms with Crippen molar-refractivity contribution in [3.8, 4) is 0 Å². The van der Waals surface area contributed by atoms with Crippen LogP contribution in [-0.4, -0.2) is 24.0 Å². The third kappa shape index (κ3) is 3.26. The molecule has 92 valence electrons. The molecule has 5 heteroatoms. The maximum absolute atomic E-state index is 12.0. The van der Waals surface area contributed by atoms with E-state index in [-0.39, 0.29) is 11.8 Å². The number of hydrogen-bond donors (Lipinski definition) is 2. The Balaban J connectivity index is 1.99. The predicted octanol–water partition coefficient (Wildman–Crippen LogP) is 2.09. The van der Waals surface area contributed by atoms with Crippen molar-refractivity contribution in [3.63, 3.8) is 0 Å². The summed E-state index contributed by atoms with van der Waals surface area (Å²) < 4.78 is 0.817. The van der Waals surface area contributed by atoms with Gasteiger partial charge in [-0.15, -0.1) is 0 Å². The highest BCUT2D eigenvalue weighted by molar-refractivity contribution is 9.10. The van der Waals surface area contributed by atoms with E-state index in [1.807, 2.05) is 13.0 Å². The van der Waals surface area contributed by atoms with Crippen molar-refractivity contribution in [2.24, 2.45) is 5.92 Å². The number of carbonyl (C=O) groups excluding carboxylic acids is 1. The smallest absolute Gasteiger partial charge is 0.227 e. The number of aromatic nitrogens is 1. The van der Waals surface area contributed by atoms with Gasteiger partial charge in [0.25, 0.3) is 0 Å². The Kier molecular flexibility index (Phi) is 4.12. The predicted molar refractivity (Wildman–Crippen MR) is 70.9 cm³/mol. The Bertz CT molecular complexity index is 416. The van der Waals surface area contributed by atoms with E-state index >= 15 is 0 Å². The summed E-state index contributed by atoms with van der Waals surface area (Å²) in [5.74, 6) is 0.232. The highest BCUT2D eigenvalue weighted by Crippen LogP contribution is 2.19. The first-order valence-corrected chi connectivity index (χ1v) is 6.60. The molecular formula is C12H16BrN3O. The molecule has 1 fully saturated rings. The van der Waals surface area contributed by atoms with Gasteiger partial charge in [-0.3, -0.25) is 4.79 Å². The summed E-state index contributed by atoms with van der Waals surface area (Å²) in [6, 6.07) is 1.93. The van der Waals surface area contributed by atoms with E-state index in [0.29, 0.717) is 0 Å². The van der Waals surface area contributed by atoms with Gasteiger partial charge in [0.05, 0.1) is 11.9 Å². The summed E-state index contributed by atoms with van der Waals surface area (Å²) in [5, 5.41) is 6.18. The van der Waals surface area contributed by atoms with Crippen LogP contribution in [0.5, 0.6) is 0 Å². The Morgan fingerprint density at radius 2 is 2.24 bits per heavy atom. The number of aryl methyl sites for hydroxylation is 1. The zero-order valence-electron chi connectivity index (χ0n) is 9.79. The summed E-state index contributed by atoms with van der Waals surface area (Å²) in [7, 11) is 0. The van der Waals surface area contributed by atoms with Crippen LogP contribution in [0.15, 0.2) is 16.9 Å². The van der Waals surface area contributed by atoms with E-state index in [4.69, 9.17) is 0 Å². The van der Waals surface area contributed by atoms with Crippen molar-refractivity contribution in [1.82, 2.24) is 10.3 Å². The molecule has 1 saturated heterocycles. The molecule has 1 amide bonds. The highest BCUT2D eigenvalue weighted by atomic mass is 79.9. The van der Waals surface area contributed by atoms with Crippen molar-refractivity contribution in [3.05, 3.63) is 22.4 Å². The Morgan fingerprint density at radius 3 is 2.88 bits per heavy atom. The Morgan fingerprint density at radius 1 is 1.53 bits per heavy atom. The van der Waals surface area contributed by atoms with Gasteiger partial charge in [-0.25, -0.2) is 4.98 Å². The fourth-order valence-corrected chi connectivity index (χ4v) is 2.17. The summed E-state index contributed by atoms with van der Waals surface area (Å²) >= 11 is 3.34. The largest absolute Gasteiger partial charge is 0.324 e. The van der Waals surface area contributed by atoms with E-state index < -0.39 is 0 Å². The van der Waals surface area contributed by atoms with E-state index in [2.05, 4.69) is 31.5 Å². The van der Waals surface area contributed by atoms with Gasteiger partial charge < -0.3 is 10.6 Å². The number of anilines is 1. The molecule has 2 N–H and O–H groups in total. The zero-order valence-corrected chi connectivity index (χ0v) is 11.4. The van der Waals surface area contributed by atoms with Gasteiger partial charge in [-0.1, -0.05) is 0 Å². The second-order valence-electron chi connectivity index (χ2n) is 4.35. The average molecular weight is 298 g/mol. The third-order valence-corrected chi connectivity index (χ3v) is 3.82. The SMILES string of the molecule is Cc1cc(NC(=O)C2CCNCC2)cnc1Br. The van der Waals surface area contributed by atoms with Gasteiger partial charge in [0.2, 0.25) is 5.91 Å². The van der Waals surface area contributed by atoms with Gasteiger partial charge >= 0.3 is 0 Å². The molecule has 17 heavy (non-hydrogen) atoms. The van der Waals surface area contributed by atoms with Crippen molar-refractivity contribution >= 4 is 27.5 Å². The lowest BCUT2D eigenvalue weighted by Crippen LogP contribution is -2.34. The molecule has 1 aromatic rings. The number of amides is 1. The molecule has 1 aromatic heterocycles. The summed E-state index contributed by atoms with van der Waals surface area (Å²) in [4.78, 5) is 16.2. The molecule has 0 atom stereocenters. The molecule has 0 bridgehead atoms. The van der Waals surface area contributed by atoms with Crippen LogP contribution in [-0.2, 0) is 4.79 Å². The minimum atomic E-state index is 0.107. The average Bonchev–Trinajstić information content (AvgIpc) is 2.35. The minimum absolute atomic E-state index is 0.107. The first kappa shape index (κ1) is 12.5. The monoisotopic (exact) mass is 297 g/mol. The van der Waals surface area contributed by atoms with E-state index in [0.717, 1.165) is 41.8 Å². The number of nitrogens with zero attached hydrogens (tertiary/aromatic N) is 1. The lowest BCUT2D eigenvalue weighted by Gasteiger charge is -2.21. The van der Waals surface area contributed by atoms with Crippen LogP contribution in [0.2, 0.25) is 0 Å². The molecule has 1 aliphatic heterocycles. The minimum Gasteiger partial charge on any atom is -0.324 e. The number of nitrogens with one attached hydrogen (secondary N) is 2. The first-order valence-electron chi connectivity index (χ1n) is 5.80. The number of halogens is 1. The van der Waals surface area contributed by atoms with Crippen molar-refractivity contribution in [2.45, 2.75) is 19.8 Å².